The van der Waals surface area contributed by atoms with Crippen LogP contribution in [-0.4, -0.2) is 22.4 Å². The van der Waals surface area contributed by atoms with Crippen LogP contribution in [0.5, 0.6) is 0 Å². The lowest BCUT2D eigenvalue weighted by Gasteiger charge is -2.18. The van der Waals surface area contributed by atoms with Crippen molar-refractivity contribution in [2.75, 3.05) is 0 Å². The summed E-state index contributed by atoms with van der Waals surface area (Å²) in [6.07, 6.45) is 1.90. The van der Waals surface area contributed by atoms with Gasteiger partial charge < -0.3 is 10.8 Å². The van der Waals surface area contributed by atoms with E-state index < -0.39 is 17.3 Å². The highest BCUT2D eigenvalue weighted by Crippen LogP contribution is 2.12. The second-order valence-electron chi connectivity index (χ2n) is 2.29. The minimum atomic E-state index is -2.18. The van der Waals surface area contributed by atoms with Gasteiger partial charge in [-0.25, -0.2) is 0 Å². The maximum absolute atomic E-state index is 10.9. The van der Waals surface area contributed by atoms with Gasteiger partial charge >= 0.3 is 0 Å². The summed E-state index contributed by atoms with van der Waals surface area (Å²) in [5.74, 6) is -1.90. The fourth-order valence-electron chi connectivity index (χ4n) is 0.700. The van der Waals surface area contributed by atoms with Crippen LogP contribution in [0.2, 0.25) is 0 Å². The van der Waals surface area contributed by atoms with Gasteiger partial charge in [0.15, 0.2) is 5.78 Å². The van der Waals surface area contributed by atoms with Crippen LogP contribution in [-0.2, 0) is 9.59 Å². The van der Waals surface area contributed by atoms with Crippen molar-refractivity contribution in [3.8, 4) is 0 Å². The molecule has 0 rings (SSSR count). The molecule has 12 heavy (non-hydrogen) atoms. The monoisotopic (exact) mass is 169 g/mol. The highest BCUT2D eigenvalue weighted by Gasteiger charge is 2.38. The fraction of sp³-hybridized carbons (Fsp3) is 0.250. The molecule has 0 spiro atoms. The lowest BCUT2D eigenvalue weighted by Crippen LogP contribution is -2.49. The lowest BCUT2D eigenvalue weighted by molar-refractivity contribution is -0.146. The summed E-state index contributed by atoms with van der Waals surface area (Å²) in [6.45, 7) is 6.43. The summed E-state index contributed by atoms with van der Waals surface area (Å²) in [7, 11) is 0. The Morgan fingerprint density at radius 3 is 2.25 bits per heavy atom. The van der Waals surface area contributed by atoms with E-state index in [1.165, 1.54) is 6.08 Å². The zero-order valence-corrected chi connectivity index (χ0v) is 6.62. The summed E-state index contributed by atoms with van der Waals surface area (Å²) in [5, 5.41) is 9.39. The molecule has 0 aliphatic heterocycles. The first kappa shape index (κ1) is 10.6. The van der Waals surface area contributed by atoms with Gasteiger partial charge in [0.2, 0.25) is 5.60 Å². The smallest absolute Gasteiger partial charge is 0.257 e. The number of hydrogen-bond acceptors (Lipinski definition) is 3. The van der Waals surface area contributed by atoms with E-state index in [0.717, 1.165) is 6.08 Å². The van der Waals surface area contributed by atoms with Gasteiger partial charge in [-0.1, -0.05) is 12.7 Å². The maximum Gasteiger partial charge on any atom is 0.257 e. The van der Waals surface area contributed by atoms with E-state index in [0.29, 0.717) is 0 Å². The van der Waals surface area contributed by atoms with E-state index >= 15 is 0 Å². The second kappa shape index (κ2) is 3.82. The van der Waals surface area contributed by atoms with E-state index in [1.54, 1.807) is 0 Å². The summed E-state index contributed by atoms with van der Waals surface area (Å²) >= 11 is 0. The molecule has 1 atom stereocenters. The first-order valence-corrected chi connectivity index (χ1v) is 3.29. The van der Waals surface area contributed by atoms with Crippen molar-refractivity contribution in [3.05, 3.63) is 25.3 Å². The molecule has 4 heteroatoms. The molecule has 66 valence electrons. The Morgan fingerprint density at radius 2 is 2.00 bits per heavy atom. The van der Waals surface area contributed by atoms with E-state index in [9.17, 15) is 14.7 Å². The van der Waals surface area contributed by atoms with Crippen molar-refractivity contribution in [3.63, 3.8) is 0 Å². The molecule has 0 bridgehead atoms. The van der Waals surface area contributed by atoms with Crippen molar-refractivity contribution in [1.82, 2.24) is 0 Å². The number of rotatable bonds is 5. The standard InChI is InChI=1S/C8H11NO3/c1-3-5-8(12,7(9)11)6(10)4-2/h3-4,12H,1-2,5H2,(H2,9,11). The van der Waals surface area contributed by atoms with Gasteiger partial charge in [0.05, 0.1) is 0 Å². The average molecular weight is 169 g/mol. The highest BCUT2D eigenvalue weighted by molar-refractivity contribution is 6.13. The molecule has 0 saturated heterocycles. The molecule has 3 N–H and O–H groups in total. The molecular weight excluding hydrogens is 158 g/mol. The van der Waals surface area contributed by atoms with Crippen LogP contribution in [0.4, 0.5) is 0 Å². The second-order valence-corrected chi connectivity index (χ2v) is 2.29. The summed E-state index contributed by atoms with van der Waals surface area (Å²) in [4.78, 5) is 21.6. The zero-order chi connectivity index (χ0) is 9.78. The van der Waals surface area contributed by atoms with Gasteiger partial charge in [0, 0.05) is 6.42 Å². The Balaban J connectivity index is 4.84. The van der Waals surface area contributed by atoms with Gasteiger partial charge in [-0.05, 0) is 6.08 Å². The average Bonchev–Trinajstić information content (AvgIpc) is 2.03. The Labute approximate surface area is 70.4 Å². The van der Waals surface area contributed by atoms with E-state index in [4.69, 9.17) is 5.73 Å². The zero-order valence-electron chi connectivity index (χ0n) is 6.62. The minimum Gasteiger partial charge on any atom is -0.373 e. The molecule has 0 aromatic carbocycles. The predicted molar refractivity (Wildman–Crippen MR) is 44.2 cm³/mol. The van der Waals surface area contributed by atoms with Gasteiger partial charge in [-0.15, -0.1) is 6.58 Å². The molecule has 0 radical (unpaired) electrons. The van der Waals surface area contributed by atoms with Crippen LogP contribution in [0, 0.1) is 0 Å². The normalized spacial score (nSPS) is 14.4. The summed E-state index contributed by atoms with van der Waals surface area (Å²) in [6, 6.07) is 0. The summed E-state index contributed by atoms with van der Waals surface area (Å²) in [5.41, 5.74) is 2.65. The van der Waals surface area contributed by atoms with Gasteiger partial charge in [-0.3, -0.25) is 9.59 Å². The third-order valence-corrected chi connectivity index (χ3v) is 1.44. The van der Waals surface area contributed by atoms with Crippen LogP contribution >= 0.6 is 0 Å². The Hall–Kier alpha value is -1.42. The quantitative estimate of drug-likeness (QED) is 0.332. The Bertz CT molecular complexity index is 234. The van der Waals surface area contributed by atoms with Crippen molar-refractivity contribution in [2.45, 2.75) is 12.0 Å². The molecule has 0 heterocycles. The minimum absolute atomic E-state index is 0.201. The maximum atomic E-state index is 10.9. The molecule has 0 aliphatic carbocycles. The summed E-state index contributed by atoms with van der Waals surface area (Å²) < 4.78 is 0. The van der Waals surface area contributed by atoms with Crippen LogP contribution < -0.4 is 5.73 Å². The Kier molecular flexibility index (Phi) is 3.37. The molecule has 0 saturated carbocycles. The first-order chi connectivity index (χ1) is 5.49. The molecule has 1 amide bonds. The van der Waals surface area contributed by atoms with Crippen LogP contribution in [0.25, 0.3) is 0 Å². The van der Waals surface area contributed by atoms with Crippen LogP contribution in [0.1, 0.15) is 6.42 Å². The highest BCUT2D eigenvalue weighted by atomic mass is 16.3. The number of hydrogen-bond donors (Lipinski definition) is 2. The SMILES string of the molecule is C=CCC(O)(C(N)=O)C(=O)C=C. The van der Waals surface area contributed by atoms with Crippen molar-refractivity contribution in [1.29, 1.82) is 0 Å². The van der Waals surface area contributed by atoms with Gasteiger partial charge in [0.25, 0.3) is 5.91 Å². The predicted octanol–water partition coefficient (Wildman–Crippen LogP) is -0.466. The molecule has 1 unspecified atom stereocenters. The van der Waals surface area contributed by atoms with Crippen molar-refractivity contribution < 1.29 is 14.7 Å². The van der Waals surface area contributed by atoms with Crippen LogP contribution in [0.3, 0.4) is 0 Å². The number of primary amides is 1. The first-order valence-electron chi connectivity index (χ1n) is 3.29. The molecule has 0 fully saturated rings. The third kappa shape index (κ3) is 1.79. The molecule has 0 aromatic rings. The Morgan fingerprint density at radius 1 is 1.50 bits per heavy atom. The number of amides is 1. The topological polar surface area (TPSA) is 80.4 Å². The lowest BCUT2D eigenvalue weighted by atomic mass is 9.93. The number of carbonyl (C=O) groups is 2. The fourth-order valence-corrected chi connectivity index (χ4v) is 0.700. The number of carbonyl (C=O) groups excluding carboxylic acids is 2. The molecule has 4 nitrogen and oxygen atoms in total. The number of aliphatic hydroxyl groups is 1. The van der Waals surface area contributed by atoms with Gasteiger partial charge in [-0.2, -0.15) is 0 Å². The van der Waals surface area contributed by atoms with Gasteiger partial charge in [0.1, 0.15) is 0 Å². The molecule has 0 aliphatic rings. The molecule has 0 aromatic heterocycles. The number of nitrogens with two attached hydrogens (primary N) is 1. The van der Waals surface area contributed by atoms with E-state index in [-0.39, 0.29) is 6.42 Å². The van der Waals surface area contributed by atoms with E-state index in [2.05, 4.69) is 13.2 Å². The third-order valence-electron chi connectivity index (χ3n) is 1.44. The molecular formula is C8H11NO3. The number of ketones is 1. The van der Waals surface area contributed by atoms with Crippen LogP contribution in [0.15, 0.2) is 25.3 Å². The van der Waals surface area contributed by atoms with Crippen molar-refractivity contribution in [2.24, 2.45) is 5.73 Å². The van der Waals surface area contributed by atoms with E-state index in [1.807, 2.05) is 0 Å². The van der Waals surface area contributed by atoms with Crippen molar-refractivity contribution >= 4 is 11.7 Å². The largest absolute Gasteiger partial charge is 0.373 e.